The van der Waals surface area contributed by atoms with Crippen LogP contribution in [0, 0.1) is 5.92 Å². The van der Waals surface area contributed by atoms with E-state index < -0.39 is 0 Å². The molecule has 0 spiro atoms. The van der Waals surface area contributed by atoms with E-state index in [-0.39, 0.29) is 12.1 Å². The number of fused-ring (bicyclic) bond motifs is 3. The molecular formula is C20H26N2O2. The number of hydrogen-bond acceptors (Lipinski definition) is 4. The van der Waals surface area contributed by atoms with Gasteiger partial charge in [-0.25, -0.2) is 0 Å². The van der Waals surface area contributed by atoms with Crippen molar-refractivity contribution in [2.75, 3.05) is 6.61 Å². The lowest BCUT2D eigenvalue weighted by Gasteiger charge is -2.27. The Morgan fingerprint density at radius 1 is 1.29 bits per heavy atom. The van der Waals surface area contributed by atoms with E-state index in [9.17, 15) is 0 Å². The summed E-state index contributed by atoms with van der Waals surface area (Å²) in [6.07, 6.45) is 3.73. The van der Waals surface area contributed by atoms with Gasteiger partial charge in [-0.1, -0.05) is 26.8 Å². The summed E-state index contributed by atoms with van der Waals surface area (Å²) in [6.45, 7) is 6.98. The van der Waals surface area contributed by atoms with Gasteiger partial charge < -0.3 is 15.2 Å². The van der Waals surface area contributed by atoms with E-state index in [4.69, 9.17) is 15.2 Å². The summed E-state index contributed by atoms with van der Waals surface area (Å²) in [7, 11) is 0. The van der Waals surface area contributed by atoms with Gasteiger partial charge in [0.25, 0.3) is 0 Å². The summed E-state index contributed by atoms with van der Waals surface area (Å²) in [4.78, 5) is 4.55. The molecular weight excluding hydrogens is 300 g/mol. The van der Waals surface area contributed by atoms with E-state index in [1.807, 2.05) is 30.5 Å². The van der Waals surface area contributed by atoms with Gasteiger partial charge in [0.05, 0.1) is 5.69 Å². The fraction of sp³-hybridized carbons (Fsp3) is 0.450. The molecule has 3 rings (SSSR count). The highest BCUT2D eigenvalue weighted by Gasteiger charge is 2.26. The first kappa shape index (κ1) is 16.8. The summed E-state index contributed by atoms with van der Waals surface area (Å²) in [5.74, 6) is 2.20. The van der Waals surface area contributed by atoms with Crippen LogP contribution in [0.15, 0.2) is 36.5 Å². The molecule has 0 amide bonds. The Hall–Kier alpha value is -2.07. The lowest BCUT2D eigenvalue weighted by atomic mass is 9.96. The first-order chi connectivity index (χ1) is 11.6. The number of hydrogen-bond donors (Lipinski definition) is 1. The van der Waals surface area contributed by atoms with Gasteiger partial charge in [-0.05, 0) is 37.0 Å². The summed E-state index contributed by atoms with van der Waals surface area (Å²) in [5, 5.41) is 0. The molecule has 4 nitrogen and oxygen atoms in total. The minimum absolute atomic E-state index is 0.0413. The molecule has 4 heteroatoms. The molecule has 1 aromatic carbocycles. The summed E-state index contributed by atoms with van der Waals surface area (Å²) >= 11 is 0. The minimum atomic E-state index is 0.0413. The van der Waals surface area contributed by atoms with Crippen LogP contribution in [0.5, 0.6) is 11.5 Å². The zero-order valence-electron chi connectivity index (χ0n) is 14.7. The number of rotatable bonds is 6. The molecule has 128 valence electrons. The van der Waals surface area contributed by atoms with Crippen LogP contribution in [0.3, 0.4) is 0 Å². The molecule has 2 aromatic rings. The maximum absolute atomic E-state index is 6.17. The fourth-order valence-corrected chi connectivity index (χ4v) is 3.18. The largest absolute Gasteiger partial charge is 0.492 e. The molecule has 0 aliphatic carbocycles. The van der Waals surface area contributed by atoms with Crippen molar-refractivity contribution >= 4 is 0 Å². The van der Waals surface area contributed by atoms with Crippen LogP contribution in [0.2, 0.25) is 0 Å². The van der Waals surface area contributed by atoms with E-state index >= 15 is 0 Å². The van der Waals surface area contributed by atoms with Crippen LogP contribution in [0.25, 0.3) is 11.3 Å². The normalized spacial score (nSPS) is 17.0. The third kappa shape index (κ3) is 3.54. The Labute approximate surface area is 144 Å². The van der Waals surface area contributed by atoms with Crippen LogP contribution in [0.1, 0.15) is 45.3 Å². The van der Waals surface area contributed by atoms with Crippen molar-refractivity contribution in [3.8, 4) is 22.8 Å². The van der Waals surface area contributed by atoms with Gasteiger partial charge in [0, 0.05) is 29.4 Å². The molecule has 0 radical (unpaired) electrons. The summed E-state index contributed by atoms with van der Waals surface area (Å²) in [5.41, 5.74) is 9.28. The average molecular weight is 326 g/mol. The number of ether oxygens (including phenoxy) is 2. The molecule has 0 bridgehead atoms. The molecule has 1 aromatic heterocycles. The Bertz CT molecular complexity index is 700. The SMILES string of the molecule is CCC1Oc2cc(OC[C@@H](N)CC(C)C)ccc2-c2ncccc21. The van der Waals surface area contributed by atoms with E-state index in [0.717, 1.165) is 41.2 Å². The molecule has 0 saturated heterocycles. The van der Waals surface area contributed by atoms with Crippen LogP contribution in [0.4, 0.5) is 0 Å². The minimum Gasteiger partial charge on any atom is -0.492 e. The lowest BCUT2D eigenvalue weighted by molar-refractivity contribution is 0.195. The van der Waals surface area contributed by atoms with E-state index in [1.54, 1.807) is 0 Å². The van der Waals surface area contributed by atoms with Crippen molar-refractivity contribution < 1.29 is 9.47 Å². The number of aromatic nitrogens is 1. The first-order valence-corrected chi connectivity index (χ1v) is 8.72. The number of nitrogens with zero attached hydrogens (tertiary/aromatic N) is 1. The van der Waals surface area contributed by atoms with Gasteiger partial charge in [0.1, 0.15) is 24.2 Å². The highest BCUT2D eigenvalue weighted by molar-refractivity contribution is 5.73. The van der Waals surface area contributed by atoms with E-state index in [2.05, 4.69) is 31.8 Å². The second-order valence-electron chi connectivity index (χ2n) is 6.81. The Kier molecular flexibility index (Phi) is 5.05. The van der Waals surface area contributed by atoms with Gasteiger partial charge in [-0.15, -0.1) is 0 Å². The highest BCUT2D eigenvalue weighted by Crippen LogP contribution is 2.43. The van der Waals surface area contributed by atoms with Crippen LogP contribution in [-0.2, 0) is 0 Å². The van der Waals surface area contributed by atoms with Crippen molar-refractivity contribution in [3.05, 3.63) is 42.1 Å². The number of pyridine rings is 1. The van der Waals surface area contributed by atoms with Crippen molar-refractivity contribution in [1.29, 1.82) is 0 Å². The monoisotopic (exact) mass is 326 g/mol. The second-order valence-corrected chi connectivity index (χ2v) is 6.81. The molecule has 1 unspecified atom stereocenters. The molecule has 0 fully saturated rings. The third-order valence-electron chi connectivity index (χ3n) is 4.27. The smallest absolute Gasteiger partial charge is 0.133 e. The average Bonchev–Trinajstić information content (AvgIpc) is 2.58. The van der Waals surface area contributed by atoms with Gasteiger partial charge in [0.15, 0.2) is 0 Å². The van der Waals surface area contributed by atoms with Gasteiger partial charge in [-0.2, -0.15) is 0 Å². The quantitative estimate of drug-likeness (QED) is 0.857. The highest BCUT2D eigenvalue weighted by atomic mass is 16.5. The van der Waals surface area contributed by atoms with Crippen LogP contribution >= 0.6 is 0 Å². The molecule has 24 heavy (non-hydrogen) atoms. The van der Waals surface area contributed by atoms with Gasteiger partial charge in [0.2, 0.25) is 0 Å². The summed E-state index contributed by atoms with van der Waals surface area (Å²) < 4.78 is 12.0. The molecule has 1 aliphatic heterocycles. The van der Waals surface area contributed by atoms with E-state index in [1.165, 1.54) is 0 Å². The van der Waals surface area contributed by atoms with Crippen molar-refractivity contribution in [3.63, 3.8) is 0 Å². The topological polar surface area (TPSA) is 57.4 Å². The Morgan fingerprint density at radius 2 is 2.12 bits per heavy atom. The predicted octanol–water partition coefficient (Wildman–Crippen LogP) is 4.34. The van der Waals surface area contributed by atoms with E-state index in [0.29, 0.717) is 12.5 Å². The van der Waals surface area contributed by atoms with Crippen molar-refractivity contribution in [2.45, 2.75) is 45.8 Å². The third-order valence-corrected chi connectivity index (χ3v) is 4.27. The van der Waals surface area contributed by atoms with Gasteiger partial charge >= 0.3 is 0 Å². The maximum Gasteiger partial charge on any atom is 0.133 e. The zero-order chi connectivity index (χ0) is 17.1. The number of benzene rings is 1. The van der Waals surface area contributed by atoms with Gasteiger partial charge in [-0.3, -0.25) is 4.98 Å². The molecule has 2 N–H and O–H groups in total. The van der Waals surface area contributed by atoms with Crippen molar-refractivity contribution in [1.82, 2.24) is 4.98 Å². The fourth-order valence-electron chi connectivity index (χ4n) is 3.18. The molecule has 2 heterocycles. The Balaban J connectivity index is 1.80. The molecule has 0 saturated carbocycles. The lowest BCUT2D eigenvalue weighted by Crippen LogP contribution is -2.29. The van der Waals surface area contributed by atoms with Crippen LogP contribution < -0.4 is 15.2 Å². The first-order valence-electron chi connectivity index (χ1n) is 8.72. The van der Waals surface area contributed by atoms with Crippen molar-refractivity contribution in [2.24, 2.45) is 11.7 Å². The zero-order valence-corrected chi connectivity index (χ0v) is 14.7. The molecule has 2 atom stereocenters. The second kappa shape index (κ2) is 7.22. The Morgan fingerprint density at radius 3 is 2.88 bits per heavy atom. The standard InChI is InChI=1S/C20H26N2O2/c1-4-18-16-6-5-9-22-20(16)17-8-7-15(11-19(17)24-18)23-12-14(21)10-13(2)3/h5-9,11,13-14,18H,4,10,12,21H2,1-3H3/t14-,18?/m0/s1. The summed E-state index contributed by atoms with van der Waals surface area (Å²) in [6, 6.07) is 10.1. The van der Waals surface area contributed by atoms with Crippen LogP contribution in [-0.4, -0.2) is 17.6 Å². The predicted molar refractivity (Wildman–Crippen MR) is 96.3 cm³/mol. The molecule has 1 aliphatic rings. The maximum atomic E-state index is 6.17. The number of nitrogens with two attached hydrogens (primary N) is 1.